The lowest BCUT2D eigenvalue weighted by Gasteiger charge is -2.35. The predicted octanol–water partition coefficient (Wildman–Crippen LogP) is 1.22. The highest BCUT2D eigenvalue weighted by atomic mass is 32.2. The highest BCUT2D eigenvalue weighted by Gasteiger charge is 2.38. The van der Waals surface area contributed by atoms with Crippen molar-refractivity contribution < 1.29 is 18.1 Å². The highest BCUT2D eigenvalue weighted by Crippen LogP contribution is 2.34. The molecular weight excluding hydrogens is 372 g/mol. The van der Waals surface area contributed by atoms with Crippen molar-refractivity contribution >= 4 is 21.6 Å². The van der Waals surface area contributed by atoms with Gasteiger partial charge in [0, 0.05) is 38.2 Å². The molecule has 150 valence electrons. The number of amides is 1. The van der Waals surface area contributed by atoms with Crippen LogP contribution in [0.15, 0.2) is 17.0 Å². The molecule has 1 aromatic carbocycles. The second-order valence-electron chi connectivity index (χ2n) is 6.72. The molecule has 27 heavy (non-hydrogen) atoms. The maximum Gasteiger partial charge on any atom is 0.289 e. The first-order chi connectivity index (χ1) is 12.7. The van der Waals surface area contributed by atoms with Gasteiger partial charge in [-0.05, 0) is 37.8 Å². The van der Waals surface area contributed by atoms with Gasteiger partial charge in [-0.15, -0.1) is 0 Å². The Morgan fingerprint density at radius 3 is 2.70 bits per heavy atom. The van der Waals surface area contributed by atoms with Gasteiger partial charge in [0.1, 0.15) is 0 Å². The number of nitrogens with two attached hydrogens (primary N) is 1. The molecule has 0 aliphatic carbocycles. The van der Waals surface area contributed by atoms with Gasteiger partial charge < -0.3 is 11.1 Å². The monoisotopic (exact) mass is 398 g/mol. The van der Waals surface area contributed by atoms with Crippen LogP contribution in [0.2, 0.25) is 0 Å². The summed E-state index contributed by atoms with van der Waals surface area (Å²) in [6.07, 6.45) is 2.26. The summed E-state index contributed by atoms with van der Waals surface area (Å²) in [5.41, 5.74) is 5.98. The number of benzene rings is 1. The number of carbonyl (C=O) groups is 1. The first-order valence-electron chi connectivity index (χ1n) is 8.93. The van der Waals surface area contributed by atoms with Gasteiger partial charge in [-0.25, -0.2) is 8.42 Å². The number of carbonyl (C=O) groups excluding carboxylic acids is 1. The molecule has 1 aliphatic rings. The molecule has 1 unspecified atom stereocenters. The fourth-order valence-electron chi connectivity index (χ4n) is 3.31. The third-order valence-electron chi connectivity index (χ3n) is 4.90. The molecule has 1 aliphatic heterocycles. The molecule has 1 amide bonds. The Morgan fingerprint density at radius 2 is 2.07 bits per heavy atom. The molecule has 1 heterocycles. The van der Waals surface area contributed by atoms with E-state index >= 15 is 0 Å². The van der Waals surface area contributed by atoms with Gasteiger partial charge in [-0.2, -0.15) is 4.31 Å². The topological polar surface area (TPSA) is 136 Å². The van der Waals surface area contributed by atoms with Crippen LogP contribution >= 0.6 is 0 Å². The number of nitro groups is 1. The minimum Gasteiger partial charge on any atom is -0.354 e. The molecule has 1 saturated heterocycles. The Kier molecular flexibility index (Phi) is 6.90. The molecule has 10 heteroatoms. The number of aryl methyl sites for hydroxylation is 1. The number of nitro benzene ring substituents is 1. The average Bonchev–Trinajstić information content (AvgIpc) is 2.62. The molecule has 1 aromatic rings. The zero-order chi connectivity index (χ0) is 20.2. The van der Waals surface area contributed by atoms with E-state index in [-0.39, 0.29) is 36.9 Å². The normalized spacial score (nSPS) is 18.3. The quantitative estimate of drug-likeness (QED) is 0.523. The van der Waals surface area contributed by atoms with E-state index in [0.29, 0.717) is 24.0 Å². The number of nitrogens with one attached hydrogen (secondary N) is 1. The summed E-state index contributed by atoms with van der Waals surface area (Å²) in [6.45, 7) is 3.95. The summed E-state index contributed by atoms with van der Waals surface area (Å²) in [6, 6.07) is 2.34. The van der Waals surface area contributed by atoms with Crippen molar-refractivity contribution in [1.82, 2.24) is 9.62 Å². The standard InChI is InChI=1S/C17H26N4O5S/c1-12-6-7-15(21(23)24)17(13(12)2)27(25,26)20-10-4-3-5-14(20)11-19-16(22)8-9-18/h6-7,14H,3-5,8-11,18H2,1-2H3,(H,19,22). The summed E-state index contributed by atoms with van der Waals surface area (Å²) in [4.78, 5) is 22.2. The summed E-state index contributed by atoms with van der Waals surface area (Å²) in [7, 11) is -4.08. The minimum absolute atomic E-state index is 0.163. The molecule has 2 rings (SSSR count). The predicted molar refractivity (Wildman–Crippen MR) is 101 cm³/mol. The number of piperidine rings is 1. The Bertz CT molecular complexity index is 825. The second kappa shape index (κ2) is 8.77. The van der Waals surface area contributed by atoms with Crippen LogP contribution in [0.25, 0.3) is 0 Å². The molecule has 1 atom stereocenters. The van der Waals surface area contributed by atoms with E-state index in [1.165, 1.54) is 10.4 Å². The van der Waals surface area contributed by atoms with Gasteiger partial charge >= 0.3 is 0 Å². The van der Waals surface area contributed by atoms with Gasteiger partial charge in [0.15, 0.2) is 4.90 Å². The van der Waals surface area contributed by atoms with Crippen molar-refractivity contribution in [2.45, 2.75) is 50.5 Å². The lowest BCUT2D eigenvalue weighted by Crippen LogP contribution is -2.49. The van der Waals surface area contributed by atoms with Crippen molar-refractivity contribution in [3.05, 3.63) is 33.4 Å². The summed E-state index contributed by atoms with van der Waals surface area (Å²) < 4.78 is 28.0. The van der Waals surface area contributed by atoms with E-state index in [4.69, 9.17) is 5.73 Å². The Balaban J connectivity index is 2.40. The van der Waals surface area contributed by atoms with E-state index in [9.17, 15) is 23.3 Å². The SMILES string of the molecule is Cc1ccc([N+](=O)[O-])c(S(=O)(=O)N2CCCCC2CNC(=O)CCN)c1C. The van der Waals surface area contributed by atoms with Crippen molar-refractivity contribution in [2.24, 2.45) is 5.73 Å². The van der Waals surface area contributed by atoms with E-state index in [0.717, 1.165) is 6.42 Å². The molecule has 0 bridgehead atoms. The summed E-state index contributed by atoms with van der Waals surface area (Å²) >= 11 is 0. The first kappa shape index (κ1) is 21.3. The first-order valence-corrected chi connectivity index (χ1v) is 10.4. The smallest absolute Gasteiger partial charge is 0.289 e. The molecule has 0 aromatic heterocycles. The highest BCUT2D eigenvalue weighted by molar-refractivity contribution is 7.89. The van der Waals surface area contributed by atoms with Gasteiger partial charge in [-0.1, -0.05) is 12.5 Å². The van der Waals surface area contributed by atoms with E-state index in [1.807, 2.05) is 0 Å². The molecule has 0 spiro atoms. The van der Waals surface area contributed by atoms with Crippen LogP contribution < -0.4 is 11.1 Å². The third kappa shape index (κ3) is 4.63. The van der Waals surface area contributed by atoms with Crippen LogP contribution in [0.4, 0.5) is 5.69 Å². The fraction of sp³-hybridized carbons (Fsp3) is 0.588. The van der Waals surface area contributed by atoms with Gasteiger partial charge in [-0.3, -0.25) is 14.9 Å². The van der Waals surface area contributed by atoms with Crippen molar-refractivity contribution in [1.29, 1.82) is 0 Å². The number of rotatable bonds is 7. The van der Waals surface area contributed by atoms with Crippen molar-refractivity contribution in [2.75, 3.05) is 19.6 Å². The van der Waals surface area contributed by atoms with Crippen LogP contribution in [0.3, 0.4) is 0 Å². The lowest BCUT2D eigenvalue weighted by molar-refractivity contribution is -0.388. The Hall–Kier alpha value is -2.04. The van der Waals surface area contributed by atoms with Crippen LogP contribution in [-0.4, -0.2) is 49.2 Å². The number of nitrogens with zero attached hydrogens (tertiary/aromatic N) is 2. The van der Waals surface area contributed by atoms with E-state index in [2.05, 4.69) is 5.32 Å². The zero-order valence-corrected chi connectivity index (χ0v) is 16.4. The minimum atomic E-state index is -4.08. The van der Waals surface area contributed by atoms with Crippen molar-refractivity contribution in [3.63, 3.8) is 0 Å². The third-order valence-corrected chi connectivity index (χ3v) is 7.03. The molecule has 1 fully saturated rings. The van der Waals surface area contributed by atoms with E-state index < -0.39 is 26.7 Å². The van der Waals surface area contributed by atoms with Crippen LogP contribution in [0.5, 0.6) is 0 Å². The number of sulfonamides is 1. The van der Waals surface area contributed by atoms with Gasteiger partial charge in [0.05, 0.1) is 4.92 Å². The largest absolute Gasteiger partial charge is 0.354 e. The summed E-state index contributed by atoms with van der Waals surface area (Å²) in [5, 5.41) is 14.1. The lowest BCUT2D eigenvalue weighted by atomic mass is 10.1. The summed E-state index contributed by atoms with van der Waals surface area (Å²) in [5.74, 6) is -0.238. The van der Waals surface area contributed by atoms with E-state index in [1.54, 1.807) is 19.9 Å². The second-order valence-corrected chi connectivity index (χ2v) is 8.55. The molecule has 0 radical (unpaired) electrons. The Labute approximate surface area is 159 Å². The van der Waals surface area contributed by atoms with Gasteiger partial charge in [0.25, 0.3) is 15.7 Å². The number of hydrogen-bond donors (Lipinski definition) is 2. The molecule has 9 nitrogen and oxygen atoms in total. The maximum atomic E-state index is 13.4. The van der Waals surface area contributed by atoms with Crippen molar-refractivity contribution in [3.8, 4) is 0 Å². The number of hydrogen-bond acceptors (Lipinski definition) is 6. The maximum absolute atomic E-state index is 13.4. The fourth-order valence-corrected chi connectivity index (χ4v) is 5.44. The average molecular weight is 398 g/mol. The van der Waals surface area contributed by atoms with Crippen LogP contribution in [-0.2, 0) is 14.8 Å². The van der Waals surface area contributed by atoms with Gasteiger partial charge in [0.2, 0.25) is 5.91 Å². The molecule has 0 saturated carbocycles. The molecular formula is C17H26N4O5S. The molecule has 3 N–H and O–H groups in total. The Morgan fingerprint density at radius 1 is 1.37 bits per heavy atom. The van der Waals surface area contributed by atoms with Crippen LogP contribution in [0.1, 0.15) is 36.8 Å². The zero-order valence-electron chi connectivity index (χ0n) is 15.6. The van der Waals surface area contributed by atoms with Crippen LogP contribution in [0, 0.1) is 24.0 Å².